The summed E-state index contributed by atoms with van der Waals surface area (Å²) >= 11 is 6.30. The molecule has 2 saturated heterocycles. The summed E-state index contributed by atoms with van der Waals surface area (Å²) in [5, 5.41) is 9.74. The lowest BCUT2D eigenvalue weighted by molar-refractivity contribution is -0.0567. The highest BCUT2D eigenvalue weighted by Gasteiger charge is 2.38. The fraction of sp³-hybridized carbons (Fsp3) is 0.526. The van der Waals surface area contributed by atoms with Gasteiger partial charge in [-0.3, -0.25) is 4.90 Å². The third kappa shape index (κ3) is 3.34. The number of halogens is 1. The molecule has 2 aromatic rings. The van der Waals surface area contributed by atoms with Crippen molar-refractivity contribution in [3.63, 3.8) is 0 Å². The average molecular weight is 378 g/mol. The maximum atomic E-state index is 9.15. The molecule has 4 rings (SSSR count). The second kappa shape index (κ2) is 7.56. The van der Waals surface area contributed by atoms with Crippen molar-refractivity contribution in [1.29, 1.82) is 0 Å². The number of fused-ring (bicyclic) bond motifs is 1. The molecule has 2 fully saturated rings. The van der Waals surface area contributed by atoms with Gasteiger partial charge in [-0.15, -0.1) is 0 Å². The highest BCUT2D eigenvalue weighted by molar-refractivity contribution is 6.32. The van der Waals surface area contributed by atoms with Crippen LogP contribution in [0.25, 0.3) is 11.4 Å². The monoisotopic (exact) mass is 377 g/mol. The van der Waals surface area contributed by atoms with Gasteiger partial charge in [0.1, 0.15) is 11.6 Å². The van der Waals surface area contributed by atoms with Crippen LogP contribution < -0.4 is 4.74 Å². The Hall–Kier alpha value is -1.60. The Morgan fingerprint density at radius 1 is 1.35 bits per heavy atom. The van der Waals surface area contributed by atoms with E-state index in [9.17, 15) is 0 Å². The van der Waals surface area contributed by atoms with Crippen LogP contribution in [0.1, 0.15) is 18.9 Å². The van der Waals surface area contributed by atoms with Crippen LogP contribution in [0.4, 0.5) is 0 Å². The molecule has 0 saturated carbocycles. The number of nitrogens with zero attached hydrogens (tertiary/aromatic N) is 3. The molecule has 2 aliphatic heterocycles. The van der Waals surface area contributed by atoms with Crippen molar-refractivity contribution in [2.45, 2.75) is 31.0 Å². The topological polar surface area (TPSA) is 59.8 Å². The van der Waals surface area contributed by atoms with E-state index in [1.807, 2.05) is 30.6 Å². The number of hydrogen-bond donors (Lipinski definition) is 1. The first-order valence-electron chi connectivity index (χ1n) is 9.03. The Morgan fingerprint density at radius 2 is 2.23 bits per heavy atom. The number of rotatable bonds is 5. The molecule has 6 nitrogen and oxygen atoms in total. The second-order valence-electron chi connectivity index (χ2n) is 6.97. The van der Waals surface area contributed by atoms with E-state index in [1.54, 1.807) is 7.11 Å². The molecule has 26 heavy (non-hydrogen) atoms. The van der Waals surface area contributed by atoms with E-state index < -0.39 is 0 Å². The first kappa shape index (κ1) is 17.8. The molecule has 2 aliphatic rings. The Morgan fingerprint density at radius 3 is 3.00 bits per heavy atom. The number of aromatic nitrogens is 2. The summed E-state index contributed by atoms with van der Waals surface area (Å²) < 4.78 is 13.4. The fourth-order valence-corrected chi connectivity index (χ4v) is 4.33. The van der Waals surface area contributed by atoms with Crippen molar-refractivity contribution in [2.24, 2.45) is 0 Å². The minimum atomic E-state index is 0.137. The molecule has 3 heterocycles. The van der Waals surface area contributed by atoms with Crippen LogP contribution >= 0.6 is 11.6 Å². The van der Waals surface area contributed by atoms with Crippen LogP contribution in [0.3, 0.4) is 0 Å². The SMILES string of the molecule is COc1ccc(-c2nccn2[C@@H]2C[C@H]3CO[C@@H](CCO)CN3C2)cc1Cl. The molecule has 0 spiro atoms. The van der Waals surface area contributed by atoms with Crippen LogP contribution in [0.5, 0.6) is 5.75 Å². The standard InChI is InChI=1S/C19H24ClN3O3/c1-25-18-3-2-13(8-17(18)20)19-21-5-6-23(19)14-9-15-12-26-16(4-7-24)11-22(15)10-14/h2-3,5-6,8,14-16,24H,4,7,9-12H2,1H3/t14-,15+,16+/m1/s1. The molecule has 1 aromatic heterocycles. The summed E-state index contributed by atoms with van der Waals surface area (Å²) in [4.78, 5) is 7.06. The molecular weight excluding hydrogens is 354 g/mol. The van der Waals surface area contributed by atoms with Gasteiger partial charge in [-0.2, -0.15) is 0 Å². The van der Waals surface area contributed by atoms with Gasteiger partial charge in [0.2, 0.25) is 0 Å². The number of morpholine rings is 1. The molecule has 0 bridgehead atoms. The van der Waals surface area contributed by atoms with Crippen LogP contribution in [-0.4, -0.2) is 65.1 Å². The number of methoxy groups -OCH3 is 1. The van der Waals surface area contributed by atoms with Gasteiger partial charge < -0.3 is 19.1 Å². The van der Waals surface area contributed by atoms with Gasteiger partial charge in [-0.1, -0.05) is 11.6 Å². The number of ether oxygens (including phenoxy) is 2. The Balaban J connectivity index is 1.54. The summed E-state index contributed by atoms with van der Waals surface area (Å²) in [6.45, 7) is 2.78. The van der Waals surface area contributed by atoms with Crippen LogP contribution in [0.15, 0.2) is 30.6 Å². The molecule has 1 aromatic carbocycles. The quantitative estimate of drug-likeness (QED) is 0.867. The van der Waals surface area contributed by atoms with E-state index in [-0.39, 0.29) is 12.7 Å². The predicted octanol–water partition coefficient (Wildman–Crippen LogP) is 2.61. The number of benzene rings is 1. The molecule has 0 aliphatic carbocycles. The van der Waals surface area contributed by atoms with Crippen molar-refractivity contribution in [2.75, 3.05) is 33.4 Å². The van der Waals surface area contributed by atoms with Gasteiger partial charge in [0.25, 0.3) is 0 Å². The largest absolute Gasteiger partial charge is 0.495 e. The van der Waals surface area contributed by atoms with Gasteiger partial charge in [0.15, 0.2) is 0 Å². The number of imidazole rings is 1. The highest BCUT2D eigenvalue weighted by Crippen LogP contribution is 2.35. The third-order valence-electron chi connectivity index (χ3n) is 5.39. The van der Waals surface area contributed by atoms with E-state index in [0.29, 0.717) is 29.3 Å². The molecular formula is C19H24ClN3O3. The van der Waals surface area contributed by atoms with E-state index in [0.717, 1.165) is 37.5 Å². The van der Waals surface area contributed by atoms with Crippen molar-refractivity contribution >= 4 is 11.6 Å². The number of aliphatic hydroxyl groups excluding tert-OH is 1. The van der Waals surface area contributed by atoms with Crippen LogP contribution in [0, 0.1) is 0 Å². The van der Waals surface area contributed by atoms with Gasteiger partial charge in [-0.05, 0) is 31.0 Å². The first-order chi connectivity index (χ1) is 12.7. The minimum absolute atomic E-state index is 0.137. The zero-order chi connectivity index (χ0) is 18.1. The first-order valence-corrected chi connectivity index (χ1v) is 9.40. The highest BCUT2D eigenvalue weighted by atomic mass is 35.5. The predicted molar refractivity (Wildman–Crippen MR) is 99.7 cm³/mol. The Labute approximate surface area is 158 Å². The number of hydrogen-bond acceptors (Lipinski definition) is 5. The summed E-state index contributed by atoms with van der Waals surface area (Å²) in [5.74, 6) is 1.59. The van der Waals surface area contributed by atoms with Crippen molar-refractivity contribution in [3.8, 4) is 17.1 Å². The zero-order valence-electron chi connectivity index (χ0n) is 14.8. The lowest BCUT2D eigenvalue weighted by atomic mass is 10.1. The zero-order valence-corrected chi connectivity index (χ0v) is 15.6. The fourth-order valence-electron chi connectivity index (χ4n) is 4.07. The maximum Gasteiger partial charge on any atom is 0.140 e. The van der Waals surface area contributed by atoms with Gasteiger partial charge in [-0.25, -0.2) is 4.98 Å². The molecule has 0 amide bonds. The summed E-state index contributed by atoms with van der Waals surface area (Å²) in [6, 6.07) is 6.57. The lowest BCUT2D eigenvalue weighted by Gasteiger charge is -2.34. The molecule has 0 radical (unpaired) electrons. The van der Waals surface area contributed by atoms with E-state index in [2.05, 4.69) is 14.5 Å². The third-order valence-corrected chi connectivity index (χ3v) is 5.69. The van der Waals surface area contributed by atoms with Crippen LogP contribution in [-0.2, 0) is 4.74 Å². The molecule has 1 N–H and O–H groups in total. The molecule has 3 atom stereocenters. The van der Waals surface area contributed by atoms with Gasteiger partial charge >= 0.3 is 0 Å². The van der Waals surface area contributed by atoms with Crippen molar-refractivity contribution in [1.82, 2.24) is 14.5 Å². The van der Waals surface area contributed by atoms with E-state index in [1.165, 1.54) is 0 Å². The average Bonchev–Trinajstić information content (AvgIpc) is 3.28. The van der Waals surface area contributed by atoms with E-state index in [4.69, 9.17) is 26.2 Å². The van der Waals surface area contributed by atoms with Crippen molar-refractivity contribution < 1.29 is 14.6 Å². The van der Waals surface area contributed by atoms with Crippen molar-refractivity contribution in [3.05, 3.63) is 35.6 Å². The van der Waals surface area contributed by atoms with Gasteiger partial charge in [0.05, 0.1) is 24.8 Å². The Kier molecular flexibility index (Phi) is 5.18. The molecule has 0 unspecified atom stereocenters. The second-order valence-corrected chi connectivity index (χ2v) is 7.38. The van der Waals surface area contributed by atoms with Crippen LogP contribution in [0.2, 0.25) is 5.02 Å². The Bertz CT molecular complexity index is 766. The van der Waals surface area contributed by atoms with Gasteiger partial charge in [0, 0.05) is 49.7 Å². The smallest absolute Gasteiger partial charge is 0.140 e. The summed E-state index contributed by atoms with van der Waals surface area (Å²) in [7, 11) is 1.61. The summed E-state index contributed by atoms with van der Waals surface area (Å²) in [5.41, 5.74) is 0.986. The minimum Gasteiger partial charge on any atom is -0.495 e. The number of aliphatic hydroxyl groups is 1. The molecule has 140 valence electrons. The summed E-state index contributed by atoms with van der Waals surface area (Å²) in [6.07, 6.45) is 5.77. The molecule has 7 heteroatoms. The maximum absolute atomic E-state index is 9.15. The normalized spacial score (nSPS) is 26.0. The lowest BCUT2D eigenvalue weighted by Crippen LogP contribution is -2.46. The van der Waals surface area contributed by atoms with E-state index >= 15 is 0 Å².